The molecular weight excluding hydrogens is 556 g/mol. The highest BCUT2D eigenvalue weighted by atomic mass is 35.5. The van der Waals surface area contributed by atoms with Gasteiger partial charge in [-0.15, -0.1) is 0 Å². The molecule has 11 nitrogen and oxygen atoms in total. The first-order valence-electron chi connectivity index (χ1n) is 13.3. The number of nitrogens with one attached hydrogen (secondary N) is 2. The van der Waals surface area contributed by atoms with Gasteiger partial charge in [-0.3, -0.25) is 14.6 Å². The minimum absolute atomic E-state index is 0.0345. The average molecular weight is 591 g/mol. The minimum Gasteiger partial charge on any atom is -0.484 e. The molecule has 0 spiro atoms. The molecule has 1 aromatic heterocycles. The predicted octanol–water partition coefficient (Wildman–Crippen LogP) is 4.42. The van der Waals surface area contributed by atoms with Crippen LogP contribution in [0.2, 0.25) is 5.02 Å². The smallest absolute Gasteiger partial charge is 0.157 e. The van der Waals surface area contributed by atoms with Crippen LogP contribution in [0, 0.1) is 12.8 Å². The third-order valence-corrected chi connectivity index (χ3v) is 7.55. The number of anilines is 2. The van der Waals surface area contributed by atoms with Gasteiger partial charge in [-0.2, -0.15) is 5.10 Å². The number of carbonyl (C=O) groups is 2. The fourth-order valence-corrected chi connectivity index (χ4v) is 5.45. The van der Waals surface area contributed by atoms with Crippen molar-refractivity contribution < 1.29 is 14.3 Å². The number of hydrazone groups is 1. The van der Waals surface area contributed by atoms with Crippen molar-refractivity contribution in [3.63, 3.8) is 0 Å². The SMILES string of the molecule is CNc1ccc(-c2[nH]c(C3C[C@@H](C)/C(=C/C(=C\C=O)c4cc(Cl)ccc4N(N)/C=N\N)N3C)nc2C)cc1OCC=O. The lowest BCUT2D eigenvalue weighted by atomic mass is 9.98. The number of hydrazine groups is 1. The Hall–Kier alpha value is -4.61. The largest absolute Gasteiger partial charge is 0.484 e. The summed E-state index contributed by atoms with van der Waals surface area (Å²) in [6.45, 7) is 4.06. The molecule has 12 heteroatoms. The first-order chi connectivity index (χ1) is 20.2. The Morgan fingerprint density at radius 1 is 1.31 bits per heavy atom. The zero-order chi connectivity index (χ0) is 30.4. The van der Waals surface area contributed by atoms with E-state index in [1.807, 2.05) is 38.2 Å². The molecule has 1 unspecified atom stereocenters. The number of halogens is 1. The van der Waals surface area contributed by atoms with Crippen molar-refractivity contribution in [2.75, 3.05) is 31.0 Å². The molecule has 1 aliphatic rings. The average Bonchev–Trinajstić information content (AvgIpc) is 3.49. The van der Waals surface area contributed by atoms with E-state index < -0.39 is 0 Å². The van der Waals surface area contributed by atoms with Crippen molar-refractivity contribution in [3.8, 4) is 17.0 Å². The standard InChI is InChI=1S/C30H35ClN8O3/c1-18-13-27(30-36-19(2)29(37-30)21-5-7-24(34-3)28(15-21)42-12-11-41)38(4)26(18)14-20(9-10-40)23-16-22(31)6-8-25(23)39(33)17-35-32/h5-11,14-18,27,34H,12-13,32-33H2,1-4H3,(H,36,37)/b20-9+,26-14-,35-17-/t18-,27?/m1/s1. The number of benzene rings is 2. The summed E-state index contributed by atoms with van der Waals surface area (Å²) in [4.78, 5) is 33.2. The van der Waals surface area contributed by atoms with Gasteiger partial charge in [0.15, 0.2) is 6.29 Å². The molecular formula is C30H35ClN8O3. The van der Waals surface area contributed by atoms with Crippen LogP contribution in [0.3, 0.4) is 0 Å². The van der Waals surface area contributed by atoms with Gasteiger partial charge >= 0.3 is 0 Å². The molecule has 4 rings (SSSR count). The number of carbonyl (C=O) groups excluding carboxylic acids is 2. The van der Waals surface area contributed by atoms with Crippen molar-refractivity contribution in [2.24, 2.45) is 22.7 Å². The molecule has 0 radical (unpaired) electrons. The maximum absolute atomic E-state index is 11.7. The van der Waals surface area contributed by atoms with E-state index in [1.165, 1.54) is 17.4 Å². The van der Waals surface area contributed by atoms with Crippen LogP contribution in [0.4, 0.5) is 11.4 Å². The molecule has 2 aromatic carbocycles. The van der Waals surface area contributed by atoms with Crippen LogP contribution in [-0.2, 0) is 9.59 Å². The number of nitrogens with two attached hydrogens (primary N) is 2. The first kappa shape index (κ1) is 30.4. The van der Waals surface area contributed by atoms with E-state index in [-0.39, 0.29) is 18.6 Å². The van der Waals surface area contributed by atoms with Gasteiger partial charge in [-0.1, -0.05) is 24.6 Å². The molecule has 6 N–H and O–H groups in total. The highest BCUT2D eigenvalue weighted by molar-refractivity contribution is 6.31. The fraction of sp³-hybridized carbons (Fsp3) is 0.267. The van der Waals surface area contributed by atoms with Gasteiger partial charge in [-0.05, 0) is 67.3 Å². The Labute approximate surface area is 249 Å². The Morgan fingerprint density at radius 3 is 2.79 bits per heavy atom. The quantitative estimate of drug-likeness (QED) is 0.0634. The number of aromatic nitrogens is 2. The van der Waals surface area contributed by atoms with E-state index in [9.17, 15) is 9.59 Å². The number of hydrogen-bond acceptors (Lipinski definition) is 9. The Morgan fingerprint density at radius 2 is 2.10 bits per heavy atom. The summed E-state index contributed by atoms with van der Waals surface area (Å²) < 4.78 is 5.63. The fourth-order valence-electron chi connectivity index (χ4n) is 5.28. The molecule has 220 valence electrons. The number of aryl methyl sites for hydroxylation is 1. The minimum atomic E-state index is -0.0354. The second kappa shape index (κ2) is 13.4. The van der Waals surface area contributed by atoms with Gasteiger partial charge < -0.3 is 25.8 Å². The van der Waals surface area contributed by atoms with Crippen molar-refractivity contribution in [2.45, 2.75) is 26.3 Å². The third-order valence-electron chi connectivity index (χ3n) is 7.31. The van der Waals surface area contributed by atoms with Gasteiger partial charge in [0.25, 0.3) is 0 Å². The molecule has 1 aliphatic heterocycles. The molecule has 0 bridgehead atoms. The number of nitrogens with zero attached hydrogens (tertiary/aromatic N) is 4. The Bertz CT molecular complexity index is 1550. The van der Waals surface area contributed by atoms with E-state index in [1.54, 1.807) is 25.2 Å². The second-order valence-electron chi connectivity index (χ2n) is 9.95. The lowest BCUT2D eigenvalue weighted by Gasteiger charge is -2.23. The molecule has 2 heterocycles. The summed E-state index contributed by atoms with van der Waals surface area (Å²) in [5.74, 6) is 13.0. The van der Waals surface area contributed by atoms with Crippen LogP contribution in [0.25, 0.3) is 16.8 Å². The van der Waals surface area contributed by atoms with E-state index >= 15 is 0 Å². The summed E-state index contributed by atoms with van der Waals surface area (Å²) in [7, 11) is 3.81. The van der Waals surface area contributed by atoms with Crippen LogP contribution in [0.1, 0.15) is 36.5 Å². The van der Waals surface area contributed by atoms with E-state index in [2.05, 4.69) is 27.2 Å². The van der Waals surface area contributed by atoms with Gasteiger partial charge in [0.05, 0.1) is 28.8 Å². The molecule has 0 aliphatic carbocycles. The number of H-pyrrole nitrogens is 1. The van der Waals surface area contributed by atoms with E-state index in [0.717, 1.165) is 53.2 Å². The lowest BCUT2D eigenvalue weighted by molar-refractivity contribution is -0.109. The van der Waals surface area contributed by atoms with Crippen LogP contribution in [-0.4, -0.2) is 54.5 Å². The van der Waals surface area contributed by atoms with Gasteiger partial charge in [0, 0.05) is 35.9 Å². The van der Waals surface area contributed by atoms with Gasteiger partial charge in [0.2, 0.25) is 0 Å². The highest BCUT2D eigenvalue weighted by Gasteiger charge is 2.34. The number of aromatic amines is 1. The predicted molar refractivity (Wildman–Crippen MR) is 167 cm³/mol. The lowest BCUT2D eigenvalue weighted by Crippen LogP contribution is -2.30. The summed E-state index contributed by atoms with van der Waals surface area (Å²) in [6.07, 6.45) is 7.00. The van der Waals surface area contributed by atoms with Gasteiger partial charge in [-0.25, -0.2) is 10.8 Å². The maximum Gasteiger partial charge on any atom is 0.157 e. The topological polar surface area (TPSA) is 155 Å². The Kier molecular flexibility index (Phi) is 9.66. The molecule has 1 fully saturated rings. The van der Waals surface area contributed by atoms with Crippen molar-refractivity contribution >= 4 is 47.5 Å². The van der Waals surface area contributed by atoms with Crippen LogP contribution < -0.4 is 26.7 Å². The summed E-state index contributed by atoms with van der Waals surface area (Å²) >= 11 is 6.34. The third kappa shape index (κ3) is 6.32. The van der Waals surface area contributed by atoms with Gasteiger partial charge in [0.1, 0.15) is 30.8 Å². The summed E-state index contributed by atoms with van der Waals surface area (Å²) in [5.41, 5.74) is 6.29. The maximum atomic E-state index is 11.7. The first-order valence-corrected chi connectivity index (χ1v) is 13.7. The molecule has 2 atom stereocenters. The zero-order valence-corrected chi connectivity index (χ0v) is 24.7. The number of imidazole rings is 1. The summed E-state index contributed by atoms with van der Waals surface area (Å²) in [5, 5.41) is 8.36. The van der Waals surface area contributed by atoms with Crippen molar-refractivity contribution in [3.05, 3.63) is 76.4 Å². The van der Waals surface area contributed by atoms with Crippen molar-refractivity contribution in [1.82, 2.24) is 14.9 Å². The number of hydrogen-bond donors (Lipinski definition) is 4. The monoisotopic (exact) mass is 590 g/mol. The number of rotatable bonds is 11. The Balaban J connectivity index is 1.69. The normalized spacial score (nSPS) is 18.1. The number of aldehydes is 2. The second-order valence-corrected chi connectivity index (χ2v) is 10.4. The molecule has 42 heavy (non-hydrogen) atoms. The molecule has 0 saturated carbocycles. The molecule has 3 aromatic rings. The van der Waals surface area contributed by atoms with E-state index in [4.69, 9.17) is 33.0 Å². The zero-order valence-electron chi connectivity index (χ0n) is 24.0. The number of allylic oxidation sites excluding steroid dienone is 4. The number of likely N-dealkylation sites (tertiary alicyclic amines) is 1. The van der Waals surface area contributed by atoms with Crippen LogP contribution >= 0.6 is 11.6 Å². The highest BCUT2D eigenvalue weighted by Crippen LogP contribution is 2.43. The number of ether oxygens (including phenoxy) is 1. The van der Waals surface area contributed by atoms with E-state index in [0.29, 0.717) is 27.6 Å². The molecule has 1 saturated heterocycles. The van der Waals surface area contributed by atoms with Crippen LogP contribution in [0.15, 0.2) is 59.3 Å². The summed E-state index contributed by atoms with van der Waals surface area (Å²) in [6, 6.07) is 10.9. The molecule has 0 amide bonds. The van der Waals surface area contributed by atoms with Crippen LogP contribution in [0.5, 0.6) is 5.75 Å². The van der Waals surface area contributed by atoms with Crippen molar-refractivity contribution in [1.29, 1.82) is 0 Å².